The quantitative estimate of drug-likeness (QED) is 0.248. The molecule has 0 saturated carbocycles. The summed E-state index contributed by atoms with van der Waals surface area (Å²) < 4.78 is 7.67. The molecular weight excluding hydrogens is 511 g/mol. The molecule has 2 heterocycles. The van der Waals surface area contributed by atoms with Crippen LogP contribution in [0, 0.1) is 6.92 Å². The lowest BCUT2D eigenvalue weighted by molar-refractivity contribution is -0.122. The Labute approximate surface area is 226 Å². The van der Waals surface area contributed by atoms with Crippen LogP contribution in [0.25, 0.3) is 16.9 Å². The zero-order valence-corrected chi connectivity index (χ0v) is 21.9. The van der Waals surface area contributed by atoms with Gasteiger partial charge in [-0.2, -0.15) is 5.10 Å². The summed E-state index contributed by atoms with van der Waals surface area (Å²) in [6.07, 6.45) is 4.75. The van der Waals surface area contributed by atoms with Crippen molar-refractivity contribution in [1.82, 2.24) is 20.1 Å². The predicted molar refractivity (Wildman–Crippen MR) is 145 cm³/mol. The summed E-state index contributed by atoms with van der Waals surface area (Å²) in [6, 6.07) is 18.5. The molecule has 2 N–H and O–H groups in total. The average Bonchev–Trinajstić information content (AvgIpc) is 3.34. The maximum Gasteiger partial charge on any atom is 0.220 e. The van der Waals surface area contributed by atoms with Crippen molar-refractivity contribution >= 4 is 29.1 Å². The van der Waals surface area contributed by atoms with Crippen molar-refractivity contribution < 1.29 is 14.6 Å². The number of nitrogens with zero attached hydrogens (tertiary/aromatic N) is 3. The lowest BCUT2D eigenvalue weighted by atomic mass is 10.0. The molecule has 0 radical (unpaired) electrons. The number of ether oxygens (including phenoxy) is 1. The fourth-order valence-electron chi connectivity index (χ4n) is 3.80. The van der Waals surface area contributed by atoms with E-state index in [0.717, 1.165) is 11.1 Å². The molecule has 4 aromatic rings. The van der Waals surface area contributed by atoms with Crippen LogP contribution in [-0.4, -0.2) is 45.0 Å². The molecule has 2 aromatic heterocycles. The second-order valence-electron chi connectivity index (χ2n) is 8.71. The van der Waals surface area contributed by atoms with Crippen LogP contribution in [0.5, 0.6) is 5.88 Å². The van der Waals surface area contributed by atoms with Gasteiger partial charge < -0.3 is 15.2 Å². The maximum absolute atomic E-state index is 12.5. The summed E-state index contributed by atoms with van der Waals surface area (Å²) in [4.78, 5) is 16.6. The second-order valence-corrected chi connectivity index (χ2v) is 9.52. The molecule has 0 aliphatic carbocycles. The highest BCUT2D eigenvalue weighted by Gasteiger charge is 2.15. The Hall–Kier alpha value is -3.39. The molecule has 0 aliphatic heterocycles. The van der Waals surface area contributed by atoms with Gasteiger partial charge in [-0.3, -0.25) is 9.78 Å². The minimum atomic E-state index is -0.339. The summed E-state index contributed by atoms with van der Waals surface area (Å²) in [6.45, 7) is 2.19. The topological polar surface area (TPSA) is 89.3 Å². The third kappa shape index (κ3) is 7.32. The standard InChI is InChI=1S/C28H28Cl2N4O3/c1-19-6-8-20(9-7-19)14-22(18-35)32-27(36)5-3-13-37-28-16-26(21-4-2-12-31-17-21)33-34(28)23-10-11-24(29)25(30)15-23/h2,4,6-12,15-17,22,35H,3,5,13-14,18H2,1H3,(H,32,36)/t22-/m0/s1. The molecule has 2 aromatic carbocycles. The lowest BCUT2D eigenvalue weighted by Gasteiger charge is -2.16. The Morgan fingerprint density at radius 3 is 2.62 bits per heavy atom. The van der Waals surface area contributed by atoms with E-state index in [2.05, 4.69) is 15.4 Å². The number of carbonyl (C=O) groups is 1. The van der Waals surface area contributed by atoms with E-state index in [4.69, 9.17) is 27.9 Å². The number of carbonyl (C=O) groups excluding carboxylic acids is 1. The summed E-state index contributed by atoms with van der Waals surface area (Å²) in [7, 11) is 0. The van der Waals surface area contributed by atoms with E-state index in [1.54, 1.807) is 35.3 Å². The molecule has 0 spiro atoms. The van der Waals surface area contributed by atoms with Crippen LogP contribution in [0.3, 0.4) is 0 Å². The third-order valence-corrected chi connectivity index (χ3v) is 6.51. The smallest absolute Gasteiger partial charge is 0.220 e. The van der Waals surface area contributed by atoms with Gasteiger partial charge in [-0.15, -0.1) is 0 Å². The SMILES string of the molecule is Cc1ccc(C[C@@H](CO)NC(=O)CCCOc2cc(-c3cccnc3)nn2-c2ccc(Cl)c(Cl)c2)cc1. The first-order valence-electron chi connectivity index (χ1n) is 12.0. The number of aliphatic hydroxyl groups excluding tert-OH is 1. The number of hydrogen-bond acceptors (Lipinski definition) is 5. The van der Waals surface area contributed by atoms with E-state index < -0.39 is 0 Å². The van der Waals surface area contributed by atoms with Crippen LogP contribution in [0.4, 0.5) is 0 Å². The molecule has 0 fully saturated rings. The fraction of sp³-hybridized carbons (Fsp3) is 0.250. The Balaban J connectivity index is 1.37. The van der Waals surface area contributed by atoms with Crippen LogP contribution in [0.15, 0.2) is 73.1 Å². The normalized spacial score (nSPS) is 11.8. The Bertz CT molecular complexity index is 1330. The molecule has 0 aliphatic rings. The third-order valence-electron chi connectivity index (χ3n) is 5.77. The number of hydrogen-bond donors (Lipinski definition) is 2. The zero-order valence-electron chi connectivity index (χ0n) is 20.4. The number of benzene rings is 2. The summed E-state index contributed by atoms with van der Waals surface area (Å²) in [5.74, 6) is 0.369. The number of aromatic nitrogens is 3. The van der Waals surface area contributed by atoms with E-state index in [9.17, 15) is 9.90 Å². The Kier molecular flexibility index (Phi) is 9.17. The van der Waals surface area contributed by atoms with Gasteiger partial charge in [-0.1, -0.05) is 53.0 Å². The summed E-state index contributed by atoms with van der Waals surface area (Å²) in [5.41, 5.74) is 4.46. The van der Waals surface area contributed by atoms with Gasteiger partial charge in [0, 0.05) is 30.4 Å². The van der Waals surface area contributed by atoms with Gasteiger partial charge in [0.2, 0.25) is 11.8 Å². The molecule has 1 atom stereocenters. The van der Waals surface area contributed by atoms with E-state index in [0.29, 0.717) is 46.8 Å². The van der Waals surface area contributed by atoms with Crippen molar-refractivity contribution in [3.63, 3.8) is 0 Å². The number of aryl methyl sites for hydroxylation is 1. The van der Waals surface area contributed by atoms with Gasteiger partial charge >= 0.3 is 0 Å². The van der Waals surface area contributed by atoms with Gasteiger partial charge in [-0.25, -0.2) is 4.68 Å². The number of rotatable bonds is 11. The average molecular weight is 539 g/mol. The lowest BCUT2D eigenvalue weighted by Crippen LogP contribution is -2.39. The first-order valence-corrected chi connectivity index (χ1v) is 12.7. The predicted octanol–water partition coefficient (Wildman–Crippen LogP) is 5.43. The molecule has 1 amide bonds. The first kappa shape index (κ1) is 26.7. The summed E-state index contributed by atoms with van der Waals surface area (Å²) >= 11 is 12.3. The van der Waals surface area contributed by atoms with E-state index in [-0.39, 0.29) is 25.0 Å². The Morgan fingerprint density at radius 2 is 1.92 bits per heavy atom. The van der Waals surface area contributed by atoms with Crippen LogP contribution >= 0.6 is 23.2 Å². The van der Waals surface area contributed by atoms with Crippen molar-refractivity contribution in [1.29, 1.82) is 0 Å². The van der Waals surface area contributed by atoms with E-state index >= 15 is 0 Å². The maximum atomic E-state index is 12.5. The van der Waals surface area contributed by atoms with Gasteiger partial charge in [-0.05, 0) is 55.7 Å². The monoisotopic (exact) mass is 538 g/mol. The molecule has 4 rings (SSSR count). The number of aliphatic hydroxyl groups is 1. The van der Waals surface area contributed by atoms with E-state index in [1.807, 2.05) is 49.4 Å². The second kappa shape index (κ2) is 12.7. The highest BCUT2D eigenvalue weighted by Crippen LogP contribution is 2.29. The van der Waals surface area contributed by atoms with Gasteiger partial charge in [0.05, 0.1) is 40.7 Å². The molecule has 0 bridgehead atoms. The first-order chi connectivity index (χ1) is 17.9. The van der Waals surface area contributed by atoms with Gasteiger partial charge in [0.1, 0.15) is 0 Å². The largest absolute Gasteiger partial charge is 0.478 e. The molecule has 192 valence electrons. The van der Waals surface area contributed by atoms with Gasteiger partial charge in [0.15, 0.2) is 0 Å². The molecule has 0 saturated heterocycles. The number of nitrogens with one attached hydrogen (secondary N) is 1. The molecule has 9 heteroatoms. The molecular formula is C28H28Cl2N4O3. The van der Waals surface area contributed by atoms with Crippen LogP contribution < -0.4 is 10.1 Å². The Morgan fingerprint density at radius 1 is 1.11 bits per heavy atom. The minimum absolute atomic E-state index is 0.129. The minimum Gasteiger partial charge on any atom is -0.478 e. The van der Waals surface area contributed by atoms with Gasteiger partial charge in [0.25, 0.3) is 0 Å². The van der Waals surface area contributed by atoms with Crippen LogP contribution in [-0.2, 0) is 11.2 Å². The fourth-order valence-corrected chi connectivity index (χ4v) is 4.10. The van der Waals surface area contributed by atoms with Crippen molar-refractivity contribution in [3.8, 4) is 22.8 Å². The van der Waals surface area contributed by atoms with Crippen molar-refractivity contribution in [2.45, 2.75) is 32.2 Å². The number of amides is 1. The molecule has 0 unspecified atom stereocenters. The van der Waals surface area contributed by atoms with Crippen molar-refractivity contribution in [3.05, 3.63) is 94.2 Å². The number of halogens is 2. The molecule has 37 heavy (non-hydrogen) atoms. The summed E-state index contributed by atoms with van der Waals surface area (Å²) in [5, 5.41) is 18.1. The van der Waals surface area contributed by atoms with Crippen molar-refractivity contribution in [2.24, 2.45) is 0 Å². The van der Waals surface area contributed by atoms with Crippen LogP contribution in [0.1, 0.15) is 24.0 Å². The number of pyridine rings is 1. The van der Waals surface area contributed by atoms with Crippen molar-refractivity contribution in [2.75, 3.05) is 13.2 Å². The van der Waals surface area contributed by atoms with Crippen LogP contribution in [0.2, 0.25) is 10.0 Å². The van der Waals surface area contributed by atoms with E-state index in [1.165, 1.54) is 5.56 Å². The molecule has 7 nitrogen and oxygen atoms in total. The highest BCUT2D eigenvalue weighted by molar-refractivity contribution is 6.42. The zero-order chi connectivity index (χ0) is 26.2. The highest BCUT2D eigenvalue weighted by atomic mass is 35.5.